The summed E-state index contributed by atoms with van der Waals surface area (Å²) in [4.78, 5) is 5.14. The molecule has 2 unspecified atom stereocenters. The number of benzene rings is 6. The van der Waals surface area contributed by atoms with Crippen LogP contribution in [-0.2, 0) is 5.41 Å². The zero-order valence-electron chi connectivity index (χ0n) is 51.9. The van der Waals surface area contributed by atoms with Crippen LogP contribution >= 0.6 is 0 Å². The molecule has 0 amide bonds. The van der Waals surface area contributed by atoms with Crippen LogP contribution in [-0.4, -0.2) is 39.4 Å². The Morgan fingerprint density at radius 2 is 0.716 bits per heavy atom. The zero-order valence-corrected chi connectivity index (χ0v) is 51.9. The van der Waals surface area contributed by atoms with Gasteiger partial charge in [0.25, 0.3) is 0 Å². The maximum atomic E-state index is 6.74. The van der Waals surface area contributed by atoms with Crippen molar-refractivity contribution in [3.8, 4) is 33.8 Å². The van der Waals surface area contributed by atoms with E-state index in [1.54, 1.807) is 0 Å². The van der Waals surface area contributed by atoms with Gasteiger partial charge < -0.3 is 19.3 Å². The van der Waals surface area contributed by atoms with Crippen molar-refractivity contribution in [2.45, 2.75) is 177 Å². The minimum absolute atomic E-state index is 0.555. The first kappa shape index (κ1) is 61.1. The molecule has 2 aliphatic rings. The number of hydrogen-bond acceptors (Lipinski definition) is 4. The van der Waals surface area contributed by atoms with Crippen molar-refractivity contribution in [3.63, 3.8) is 0 Å². The van der Waals surface area contributed by atoms with E-state index in [1.807, 2.05) is 0 Å². The first-order valence-corrected chi connectivity index (χ1v) is 32.4. The molecule has 6 aromatic carbocycles. The van der Waals surface area contributed by atoms with E-state index >= 15 is 0 Å². The Balaban J connectivity index is 1.18. The Labute approximate surface area is 492 Å². The van der Waals surface area contributed by atoms with Crippen molar-refractivity contribution in [3.05, 3.63) is 166 Å². The SMILES string of the molecule is CCCCN(CCCC)c1ccc(/C=C/c2ccc3c(c2)C2(c4ccc(OCCC(C)CCCC(C)C)cc4-c4cc(OCCC(C)CCCC(C)C)ccc42)c2cc(/C=C/c4ccc(N(CCCC)CCCC)cc4)ccc2-3)cc1. The van der Waals surface area contributed by atoms with Crippen molar-refractivity contribution < 1.29 is 9.47 Å². The summed E-state index contributed by atoms with van der Waals surface area (Å²) in [7, 11) is 0. The van der Waals surface area contributed by atoms with Crippen molar-refractivity contribution in [2.75, 3.05) is 49.2 Å². The van der Waals surface area contributed by atoms with E-state index < -0.39 is 5.41 Å². The quantitative estimate of drug-likeness (QED) is 0.0375. The van der Waals surface area contributed by atoms with Gasteiger partial charge >= 0.3 is 0 Å². The number of anilines is 2. The molecule has 2 atom stereocenters. The molecular formula is C77H102N2O2. The highest BCUT2D eigenvalue weighted by atomic mass is 16.5. The van der Waals surface area contributed by atoms with Gasteiger partial charge in [-0.1, -0.05) is 218 Å². The van der Waals surface area contributed by atoms with Crippen molar-refractivity contribution in [2.24, 2.45) is 23.7 Å². The lowest BCUT2D eigenvalue weighted by atomic mass is 9.70. The number of unbranched alkanes of at least 4 members (excludes halogenated alkanes) is 4. The van der Waals surface area contributed by atoms with E-state index in [2.05, 4.69) is 225 Å². The van der Waals surface area contributed by atoms with Crippen LogP contribution < -0.4 is 19.3 Å². The first-order chi connectivity index (χ1) is 39.4. The van der Waals surface area contributed by atoms with Gasteiger partial charge in [0.2, 0.25) is 0 Å². The maximum absolute atomic E-state index is 6.74. The smallest absolute Gasteiger partial charge is 0.119 e. The van der Waals surface area contributed by atoms with Crippen molar-refractivity contribution in [1.29, 1.82) is 0 Å². The monoisotopic (exact) mass is 1090 g/mol. The van der Waals surface area contributed by atoms with E-state index in [9.17, 15) is 0 Å². The number of ether oxygens (including phenoxy) is 2. The molecule has 0 saturated carbocycles. The molecule has 8 rings (SSSR count). The van der Waals surface area contributed by atoms with Crippen LogP contribution in [0.1, 0.15) is 216 Å². The first-order valence-electron chi connectivity index (χ1n) is 32.4. The molecule has 6 aromatic rings. The molecule has 0 fully saturated rings. The van der Waals surface area contributed by atoms with Gasteiger partial charge in [-0.2, -0.15) is 0 Å². The van der Waals surface area contributed by atoms with Crippen molar-refractivity contribution in [1.82, 2.24) is 0 Å². The molecule has 2 aliphatic carbocycles. The molecule has 0 aliphatic heterocycles. The third kappa shape index (κ3) is 15.8. The van der Waals surface area contributed by atoms with Gasteiger partial charge in [0.05, 0.1) is 18.6 Å². The molecule has 0 aromatic heterocycles. The molecule has 1 spiro atoms. The lowest BCUT2D eigenvalue weighted by molar-refractivity contribution is 0.275. The number of fused-ring (bicyclic) bond motifs is 10. The van der Waals surface area contributed by atoms with Crippen molar-refractivity contribution >= 4 is 35.7 Å². The molecule has 4 nitrogen and oxygen atoms in total. The van der Waals surface area contributed by atoms with E-state index in [4.69, 9.17) is 9.47 Å². The highest BCUT2D eigenvalue weighted by molar-refractivity contribution is 5.97. The summed E-state index contributed by atoms with van der Waals surface area (Å²) in [6.07, 6.45) is 28.7. The van der Waals surface area contributed by atoms with Gasteiger partial charge in [-0.25, -0.2) is 0 Å². The summed E-state index contributed by atoms with van der Waals surface area (Å²) in [5.41, 5.74) is 17.3. The molecule has 0 saturated heterocycles. The van der Waals surface area contributed by atoms with E-state index in [0.717, 1.165) is 62.4 Å². The predicted molar refractivity (Wildman–Crippen MR) is 353 cm³/mol. The van der Waals surface area contributed by atoms with E-state index in [1.165, 1.54) is 168 Å². The molecule has 0 bridgehead atoms. The predicted octanol–water partition coefficient (Wildman–Crippen LogP) is 21.6. The highest BCUT2D eigenvalue weighted by Gasteiger charge is 2.52. The third-order valence-corrected chi connectivity index (χ3v) is 17.6. The lowest BCUT2D eigenvalue weighted by Gasteiger charge is -2.31. The summed E-state index contributed by atoms with van der Waals surface area (Å²) >= 11 is 0. The second-order valence-electron chi connectivity index (χ2n) is 25.1. The fourth-order valence-corrected chi connectivity index (χ4v) is 12.5. The Hall–Kier alpha value is -6.00. The average molecular weight is 1090 g/mol. The molecule has 81 heavy (non-hydrogen) atoms. The van der Waals surface area contributed by atoms with Crippen LogP contribution in [0.25, 0.3) is 46.6 Å². The standard InChI is InChI=1S/C77H102N2O2/c1-11-15-47-78(48-16-12-2)65-35-29-61(30-36-65)25-27-63-33-41-69-70-42-34-64(28-26-62-31-37-66(38-32-62)79(49-17-13-3)50-18-14-4)54-76(70)77(75(69)53-63)73-43-39-67(80-51-45-59(9)23-19-21-57(5)6)55-71(73)72-56-68(40-44-74(72)77)81-52-46-60(10)24-20-22-58(7)8/h25-44,53-60H,11-24,45-52H2,1-10H3/b27-25+,28-26+. The van der Waals surface area contributed by atoms with Crippen LogP contribution in [0.4, 0.5) is 11.4 Å². The minimum atomic E-state index is -0.555. The lowest BCUT2D eigenvalue weighted by Crippen LogP contribution is -2.26. The van der Waals surface area contributed by atoms with E-state index in [0.29, 0.717) is 25.0 Å². The molecule has 0 N–H and O–H groups in total. The second-order valence-corrected chi connectivity index (χ2v) is 25.1. The molecule has 4 heteroatoms. The summed E-state index contributed by atoms with van der Waals surface area (Å²) in [5, 5.41) is 0. The number of nitrogens with zero attached hydrogens (tertiary/aromatic N) is 2. The highest BCUT2D eigenvalue weighted by Crippen LogP contribution is 2.64. The Bertz CT molecular complexity index is 2720. The van der Waals surface area contributed by atoms with Crippen LogP contribution in [0.2, 0.25) is 0 Å². The Morgan fingerprint density at radius 3 is 1.07 bits per heavy atom. The summed E-state index contributed by atoms with van der Waals surface area (Å²) in [6.45, 7) is 29.1. The van der Waals surface area contributed by atoms with Gasteiger partial charge in [0, 0.05) is 37.6 Å². The third-order valence-electron chi connectivity index (χ3n) is 17.6. The zero-order chi connectivity index (χ0) is 57.1. The Kier molecular flexibility index (Phi) is 22.9. The summed E-state index contributed by atoms with van der Waals surface area (Å²) < 4.78 is 13.5. The number of rotatable bonds is 34. The van der Waals surface area contributed by atoms with Gasteiger partial charge in [-0.15, -0.1) is 0 Å². The summed E-state index contributed by atoms with van der Waals surface area (Å²) in [6, 6.07) is 46.9. The second kappa shape index (κ2) is 30.3. The van der Waals surface area contributed by atoms with Gasteiger partial charge in [0.1, 0.15) is 11.5 Å². The number of hydrogen-bond donors (Lipinski definition) is 0. The van der Waals surface area contributed by atoms with Crippen LogP contribution in [0, 0.1) is 23.7 Å². The van der Waals surface area contributed by atoms with Crippen LogP contribution in [0.15, 0.2) is 121 Å². The molecule has 0 radical (unpaired) electrons. The minimum Gasteiger partial charge on any atom is -0.494 e. The van der Waals surface area contributed by atoms with Gasteiger partial charge in [0.15, 0.2) is 0 Å². The fourth-order valence-electron chi connectivity index (χ4n) is 12.5. The maximum Gasteiger partial charge on any atom is 0.119 e. The topological polar surface area (TPSA) is 24.9 Å². The van der Waals surface area contributed by atoms with Crippen LogP contribution in [0.3, 0.4) is 0 Å². The van der Waals surface area contributed by atoms with Gasteiger partial charge in [-0.3, -0.25) is 0 Å². The summed E-state index contributed by atoms with van der Waals surface area (Å²) in [5.74, 6) is 4.64. The fraction of sp³-hybridized carbons (Fsp3) is 0.481. The molecule has 0 heterocycles. The largest absolute Gasteiger partial charge is 0.494 e. The average Bonchev–Trinajstić information content (AvgIpc) is 1.71. The van der Waals surface area contributed by atoms with Gasteiger partial charge in [-0.05, 0) is 190 Å². The van der Waals surface area contributed by atoms with Crippen LogP contribution in [0.5, 0.6) is 11.5 Å². The molecular weight excluding hydrogens is 985 g/mol. The normalized spacial score (nSPS) is 13.8. The molecule has 432 valence electrons. The Morgan fingerprint density at radius 1 is 0.358 bits per heavy atom. The van der Waals surface area contributed by atoms with E-state index in [-0.39, 0.29) is 0 Å².